The second-order valence-electron chi connectivity index (χ2n) is 5.72. The average Bonchev–Trinajstić information content (AvgIpc) is 2.75. The number of anilines is 1. The van der Waals surface area contributed by atoms with Gasteiger partial charge in [0.2, 0.25) is 0 Å². The molecular weight excluding hydrogens is 278 g/mol. The van der Waals surface area contributed by atoms with E-state index >= 15 is 0 Å². The van der Waals surface area contributed by atoms with Crippen molar-refractivity contribution in [1.29, 1.82) is 0 Å². The van der Waals surface area contributed by atoms with Crippen molar-refractivity contribution in [3.05, 3.63) is 11.5 Å². The Balaban J connectivity index is 2.02. The standard InChI is InChI=1S/C13H19N3O3S/c1-8(2)11-14-9-3-4-20(18)10(9)12(15-11)16-13(5-17)6-19-7-13/h8,17H,3-7H2,1-2H3,(H,14,15,16). The quantitative estimate of drug-likeness (QED) is 0.839. The van der Waals surface area contributed by atoms with Gasteiger partial charge in [0.25, 0.3) is 0 Å². The van der Waals surface area contributed by atoms with E-state index in [0.717, 1.165) is 17.9 Å². The van der Waals surface area contributed by atoms with Crippen LogP contribution in [0.1, 0.15) is 31.3 Å². The lowest BCUT2D eigenvalue weighted by molar-refractivity contribution is -0.0653. The molecule has 0 aromatic carbocycles. The first-order chi connectivity index (χ1) is 9.54. The molecule has 1 atom stereocenters. The fourth-order valence-electron chi connectivity index (χ4n) is 2.36. The molecule has 0 aliphatic carbocycles. The van der Waals surface area contributed by atoms with E-state index in [1.807, 2.05) is 13.8 Å². The molecule has 0 bridgehead atoms. The van der Waals surface area contributed by atoms with Crippen LogP contribution < -0.4 is 5.32 Å². The Morgan fingerprint density at radius 2 is 2.20 bits per heavy atom. The van der Waals surface area contributed by atoms with Crippen LogP contribution in [0.15, 0.2) is 4.90 Å². The summed E-state index contributed by atoms with van der Waals surface area (Å²) < 4.78 is 17.3. The highest BCUT2D eigenvalue weighted by Gasteiger charge is 2.40. The number of ether oxygens (including phenoxy) is 1. The molecule has 7 heteroatoms. The molecule has 6 nitrogen and oxygen atoms in total. The van der Waals surface area contributed by atoms with Gasteiger partial charge in [-0.3, -0.25) is 4.21 Å². The number of aliphatic hydroxyl groups is 1. The third-order valence-electron chi connectivity index (χ3n) is 3.66. The third-order valence-corrected chi connectivity index (χ3v) is 5.12. The Morgan fingerprint density at radius 1 is 1.45 bits per heavy atom. The van der Waals surface area contributed by atoms with E-state index in [1.165, 1.54) is 0 Å². The minimum absolute atomic E-state index is 0.0323. The van der Waals surface area contributed by atoms with Crippen molar-refractivity contribution >= 4 is 16.6 Å². The number of aliphatic hydroxyl groups excluding tert-OH is 1. The molecule has 0 saturated carbocycles. The summed E-state index contributed by atoms with van der Waals surface area (Å²) in [4.78, 5) is 9.76. The number of hydrogen-bond acceptors (Lipinski definition) is 6. The van der Waals surface area contributed by atoms with Crippen LogP contribution in [0.3, 0.4) is 0 Å². The van der Waals surface area contributed by atoms with E-state index in [-0.39, 0.29) is 12.5 Å². The first-order valence-corrected chi connectivity index (χ1v) is 8.12. The van der Waals surface area contributed by atoms with Gasteiger partial charge < -0.3 is 15.2 Å². The zero-order valence-electron chi connectivity index (χ0n) is 11.7. The molecule has 20 heavy (non-hydrogen) atoms. The third kappa shape index (κ3) is 2.23. The summed E-state index contributed by atoms with van der Waals surface area (Å²) in [6.07, 6.45) is 0.724. The van der Waals surface area contributed by atoms with Crippen molar-refractivity contribution in [2.45, 2.75) is 36.6 Å². The van der Waals surface area contributed by atoms with E-state index in [0.29, 0.717) is 29.7 Å². The maximum Gasteiger partial charge on any atom is 0.147 e. The zero-order valence-corrected chi connectivity index (χ0v) is 12.5. The molecule has 2 N–H and O–H groups in total. The minimum atomic E-state index is -1.06. The molecule has 110 valence electrons. The SMILES string of the molecule is CC(C)c1nc2c(c(NC3(CO)COC3)n1)S(=O)CC2. The largest absolute Gasteiger partial charge is 0.394 e. The van der Waals surface area contributed by atoms with Gasteiger partial charge in [0.15, 0.2) is 0 Å². The second-order valence-corrected chi connectivity index (χ2v) is 7.22. The predicted octanol–water partition coefficient (Wildman–Crippen LogP) is 0.437. The van der Waals surface area contributed by atoms with E-state index < -0.39 is 16.3 Å². The van der Waals surface area contributed by atoms with Crippen LogP contribution >= 0.6 is 0 Å². The van der Waals surface area contributed by atoms with Crippen molar-refractivity contribution in [2.75, 3.05) is 30.9 Å². The zero-order chi connectivity index (χ0) is 14.3. The second kappa shape index (κ2) is 5.05. The summed E-state index contributed by atoms with van der Waals surface area (Å²) in [7, 11) is -1.06. The lowest BCUT2D eigenvalue weighted by atomic mass is 9.99. The summed E-state index contributed by atoms with van der Waals surface area (Å²) >= 11 is 0. The van der Waals surface area contributed by atoms with Crippen molar-refractivity contribution in [3.63, 3.8) is 0 Å². The molecule has 0 amide bonds. The predicted molar refractivity (Wildman–Crippen MR) is 75.4 cm³/mol. The summed E-state index contributed by atoms with van der Waals surface area (Å²) in [5.74, 6) is 2.16. The fourth-order valence-corrected chi connectivity index (χ4v) is 3.67. The van der Waals surface area contributed by atoms with Crippen molar-refractivity contribution in [3.8, 4) is 0 Å². The minimum Gasteiger partial charge on any atom is -0.394 e. The molecule has 1 aromatic heterocycles. The smallest absolute Gasteiger partial charge is 0.147 e. The van der Waals surface area contributed by atoms with E-state index in [2.05, 4.69) is 15.3 Å². The van der Waals surface area contributed by atoms with Crippen LogP contribution in [0, 0.1) is 0 Å². The highest BCUT2D eigenvalue weighted by Crippen LogP contribution is 2.32. The molecule has 0 radical (unpaired) electrons. The van der Waals surface area contributed by atoms with Crippen LogP contribution in [0.5, 0.6) is 0 Å². The van der Waals surface area contributed by atoms with E-state index in [1.54, 1.807) is 0 Å². The van der Waals surface area contributed by atoms with Gasteiger partial charge in [-0.05, 0) is 0 Å². The lowest BCUT2D eigenvalue weighted by Crippen LogP contribution is -2.59. The Bertz CT molecular complexity index is 553. The molecule has 3 heterocycles. The van der Waals surface area contributed by atoms with Crippen molar-refractivity contribution in [2.24, 2.45) is 0 Å². The average molecular weight is 297 g/mol. The summed E-state index contributed by atoms with van der Waals surface area (Å²) in [5.41, 5.74) is 0.376. The van der Waals surface area contributed by atoms with Gasteiger partial charge in [0.1, 0.15) is 22.1 Å². The van der Waals surface area contributed by atoms with Gasteiger partial charge in [0.05, 0.1) is 36.3 Å². The van der Waals surface area contributed by atoms with Gasteiger partial charge in [-0.25, -0.2) is 9.97 Å². The van der Waals surface area contributed by atoms with E-state index in [4.69, 9.17) is 4.74 Å². The fraction of sp³-hybridized carbons (Fsp3) is 0.692. The van der Waals surface area contributed by atoms with Crippen LogP contribution in [0.25, 0.3) is 0 Å². The van der Waals surface area contributed by atoms with Crippen molar-refractivity contribution < 1.29 is 14.1 Å². The number of nitrogens with zero attached hydrogens (tertiary/aromatic N) is 2. The summed E-state index contributed by atoms with van der Waals surface area (Å²) in [6.45, 7) is 4.91. The molecule has 1 aromatic rings. The maximum atomic E-state index is 12.1. The molecule has 3 rings (SSSR count). The molecular formula is C13H19N3O3S. The summed E-state index contributed by atoms with van der Waals surface area (Å²) in [6, 6.07) is 0. The van der Waals surface area contributed by atoms with Gasteiger partial charge in [-0.1, -0.05) is 13.8 Å². The highest BCUT2D eigenvalue weighted by atomic mass is 32.2. The molecule has 2 aliphatic heterocycles. The number of nitrogens with one attached hydrogen (secondary N) is 1. The van der Waals surface area contributed by atoms with E-state index in [9.17, 15) is 9.32 Å². The molecule has 1 saturated heterocycles. The van der Waals surface area contributed by atoms with Gasteiger partial charge in [0, 0.05) is 18.1 Å². The maximum absolute atomic E-state index is 12.1. The summed E-state index contributed by atoms with van der Waals surface area (Å²) in [5, 5.41) is 12.8. The van der Waals surface area contributed by atoms with Crippen LogP contribution in [0.4, 0.5) is 5.82 Å². The number of rotatable bonds is 4. The normalized spacial score (nSPS) is 23.5. The van der Waals surface area contributed by atoms with Gasteiger partial charge >= 0.3 is 0 Å². The molecule has 2 aliphatic rings. The Labute approximate surface area is 120 Å². The molecule has 0 spiro atoms. The first kappa shape index (κ1) is 13.9. The van der Waals surface area contributed by atoms with Gasteiger partial charge in [-0.2, -0.15) is 0 Å². The first-order valence-electron chi connectivity index (χ1n) is 6.81. The van der Waals surface area contributed by atoms with Crippen LogP contribution in [-0.2, 0) is 22.0 Å². The Morgan fingerprint density at radius 3 is 2.75 bits per heavy atom. The highest BCUT2D eigenvalue weighted by molar-refractivity contribution is 7.85. The number of fused-ring (bicyclic) bond motifs is 1. The molecule has 1 unspecified atom stereocenters. The Hall–Kier alpha value is -1.05. The van der Waals surface area contributed by atoms with Crippen LogP contribution in [-0.4, -0.2) is 50.4 Å². The lowest BCUT2D eigenvalue weighted by Gasteiger charge is -2.41. The number of aromatic nitrogens is 2. The number of aryl methyl sites for hydroxylation is 1. The monoisotopic (exact) mass is 297 g/mol. The Kier molecular flexibility index (Phi) is 3.51. The topological polar surface area (TPSA) is 84.3 Å². The molecule has 1 fully saturated rings. The number of hydrogen-bond donors (Lipinski definition) is 2. The van der Waals surface area contributed by atoms with Gasteiger partial charge in [-0.15, -0.1) is 0 Å². The van der Waals surface area contributed by atoms with Crippen LogP contribution in [0.2, 0.25) is 0 Å². The van der Waals surface area contributed by atoms with Crippen molar-refractivity contribution in [1.82, 2.24) is 9.97 Å².